The first kappa shape index (κ1) is 24.6. The molecule has 3 amide bonds. The van der Waals surface area contributed by atoms with Crippen molar-refractivity contribution in [2.45, 2.75) is 45.1 Å². The number of piperidine rings is 1. The van der Waals surface area contributed by atoms with Crippen LogP contribution in [0.2, 0.25) is 0 Å². The summed E-state index contributed by atoms with van der Waals surface area (Å²) in [5.74, 6) is 0.197. The number of ether oxygens (including phenoxy) is 1. The van der Waals surface area contributed by atoms with Gasteiger partial charge in [0, 0.05) is 19.6 Å². The number of likely N-dealkylation sites (tertiary alicyclic amines) is 1. The van der Waals surface area contributed by atoms with Gasteiger partial charge >= 0.3 is 6.03 Å². The molecule has 6 nitrogen and oxygen atoms in total. The Morgan fingerprint density at radius 1 is 1.03 bits per heavy atom. The Morgan fingerprint density at radius 3 is 2.42 bits per heavy atom. The van der Waals surface area contributed by atoms with Gasteiger partial charge in [-0.25, -0.2) is 9.18 Å². The third kappa shape index (κ3) is 6.94. The van der Waals surface area contributed by atoms with E-state index < -0.39 is 0 Å². The lowest BCUT2D eigenvalue weighted by molar-refractivity contribution is -0.126. The van der Waals surface area contributed by atoms with Gasteiger partial charge in [0.15, 0.2) is 0 Å². The number of nitrogens with one attached hydrogen (secondary N) is 2. The molecule has 178 valence electrons. The summed E-state index contributed by atoms with van der Waals surface area (Å²) in [5.41, 5.74) is 2.01. The molecule has 7 heteroatoms. The highest BCUT2D eigenvalue weighted by atomic mass is 19.1. The minimum Gasteiger partial charge on any atom is -0.497 e. The molecular weight excluding hydrogens is 421 g/mol. The van der Waals surface area contributed by atoms with Gasteiger partial charge in [-0.05, 0) is 61.1 Å². The molecule has 1 fully saturated rings. The maximum absolute atomic E-state index is 13.4. The van der Waals surface area contributed by atoms with Crippen LogP contribution in [0.15, 0.2) is 48.5 Å². The van der Waals surface area contributed by atoms with E-state index in [4.69, 9.17) is 4.74 Å². The Morgan fingerprint density at radius 2 is 1.76 bits per heavy atom. The second-order valence-corrected chi connectivity index (χ2v) is 8.47. The number of urea groups is 1. The molecule has 1 saturated heterocycles. The van der Waals surface area contributed by atoms with Crippen molar-refractivity contribution >= 4 is 11.9 Å². The molecule has 2 aromatic rings. The number of hydrogen-bond acceptors (Lipinski definition) is 3. The molecule has 2 aromatic carbocycles. The van der Waals surface area contributed by atoms with E-state index in [0.717, 1.165) is 36.1 Å². The van der Waals surface area contributed by atoms with Gasteiger partial charge in [0.1, 0.15) is 11.6 Å². The zero-order chi connectivity index (χ0) is 23.6. The number of unbranched alkanes of at least 4 members (excludes halogenated alkanes) is 1. The van der Waals surface area contributed by atoms with Crippen LogP contribution in [0.1, 0.15) is 49.8 Å². The summed E-state index contributed by atoms with van der Waals surface area (Å²) in [4.78, 5) is 27.5. The number of halogens is 1. The van der Waals surface area contributed by atoms with E-state index in [-0.39, 0.29) is 29.7 Å². The Balaban J connectivity index is 1.60. The monoisotopic (exact) mass is 455 g/mol. The van der Waals surface area contributed by atoms with Crippen molar-refractivity contribution in [2.24, 2.45) is 5.92 Å². The third-order valence-electron chi connectivity index (χ3n) is 6.15. The van der Waals surface area contributed by atoms with Crippen LogP contribution in [-0.4, -0.2) is 43.6 Å². The maximum atomic E-state index is 13.4. The van der Waals surface area contributed by atoms with Gasteiger partial charge in [-0.1, -0.05) is 37.6 Å². The van der Waals surface area contributed by atoms with E-state index in [0.29, 0.717) is 32.5 Å². The molecule has 0 aliphatic carbocycles. The first-order valence-electron chi connectivity index (χ1n) is 11.7. The fourth-order valence-electron chi connectivity index (χ4n) is 4.18. The largest absolute Gasteiger partial charge is 0.497 e. The topological polar surface area (TPSA) is 70.7 Å². The summed E-state index contributed by atoms with van der Waals surface area (Å²) in [6, 6.07) is 13.7. The number of rotatable bonds is 9. The van der Waals surface area contributed by atoms with Gasteiger partial charge in [-0.15, -0.1) is 0 Å². The SMILES string of the molecule is CCCCNC(=O)N1CC(C(=O)NCCc2ccc(OC)cc2)CCC1c1ccc(F)cc1. The molecule has 2 atom stereocenters. The van der Waals surface area contributed by atoms with Crippen LogP contribution in [0.5, 0.6) is 5.75 Å². The van der Waals surface area contributed by atoms with E-state index in [1.165, 1.54) is 12.1 Å². The number of methoxy groups -OCH3 is 1. The first-order chi connectivity index (χ1) is 16.0. The average molecular weight is 456 g/mol. The predicted octanol–water partition coefficient (Wildman–Crippen LogP) is 4.46. The van der Waals surface area contributed by atoms with Crippen molar-refractivity contribution in [1.29, 1.82) is 0 Å². The lowest BCUT2D eigenvalue weighted by atomic mass is 9.88. The van der Waals surface area contributed by atoms with E-state index in [9.17, 15) is 14.0 Å². The molecule has 1 heterocycles. The minimum atomic E-state index is -0.303. The number of amides is 3. The molecular formula is C26H34FN3O3. The molecule has 0 radical (unpaired) electrons. The summed E-state index contributed by atoms with van der Waals surface area (Å²) in [7, 11) is 1.63. The minimum absolute atomic E-state index is 0.0348. The van der Waals surface area contributed by atoms with Crippen LogP contribution in [0.4, 0.5) is 9.18 Å². The number of carbonyl (C=O) groups excluding carboxylic acids is 2. The molecule has 0 spiro atoms. The van der Waals surface area contributed by atoms with Crippen LogP contribution in [0.3, 0.4) is 0 Å². The van der Waals surface area contributed by atoms with E-state index in [2.05, 4.69) is 17.6 Å². The molecule has 3 rings (SSSR count). The standard InChI is InChI=1S/C26H34FN3O3/c1-3-4-16-29-26(32)30-18-21(9-14-24(30)20-7-10-22(27)11-8-20)25(31)28-17-15-19-5-12-23(33-2)13-6-19/h5-8,10-13,21,24H,3-4,9,14-18H2,1-2H3,(H,28,31)(H,29,32). The lowest BCUT2D eigenvalue weighted by Gasteiger charge is -2.39. The zero-order valence-electron chi connectivity index (χ0n) is 19.5. The quantitative estimate of drug-likeness (QED) is 0.549. The van der Waals surface area contributed by atoms with Gasteiger partial charge in [-0.2, -0.15) is 0 Å². The van der Waals surface area contributed by atoms with E-state index in [1.54, 1.807) is 24.1 Å². The summed E-state index contributed by atoms with van der Waals surface area (Å²) < 4.78 is 18.6. The van der Waals surface area contributed by atoms with Crippen molar-refractivity contribution in [3.63, 3.8) is 0 Å². The van der Waals surface area contributed by atoms with Crippen LogP contribution >= 0.6 is 0 Å². The van der Waals surface area contributed by atoms with Gasteiger partial charge in [-0.3, -0.25) is 4.79 Å². The number of nitrogens with zero attached hydrogens (tertiary/aromatic N) is 1. The average Bonchev–Trinajstić information content (AvgIpc) is 2.84. The highest BCUT2D eigenvalue weighted by Crippen LogP contribution is 2.33. The van der Waals surface area contributed by atoms with Crippen molar-refractivity contribution in [3.8, 4) is 5.75 Å². The van der Waals surface area contributed by atoms with Crippen molar-refractivity contribution in [2.75, 3.05) is 26.7 Å². The molecule has 0 bridgehead atoms. The highest BCUT2D eigenvalue weighted by Gasteiger charge is 2.35. The molecule has 2 N–H and O–H groups in total. The second-order valence-electron chi connectivity index (χ2n) is 8.47. The fraction of sp³-hybridized carbons (Fsp3) is 0.462. The summed E-state index contributed by atoms with van der Waals surface area (Å²) in [6.07, 6.45) is 3.94. The van der Waals surface area contributed by atoms with Gasteiger partial charge in [0.2, 0.25) is 5.91 Å². The Hall–Kier alpha value is -3.09. The van der Waals surface area contributed by atoms with Crippen LogP contribution < -0.4 is 15.4 Å². The molecule has 1 aliphatic heterocycles. The van der Waals surface area contributed by atoms with Gasteiger partial charge in [0.25, 0.3) is 0 Å². The Kier molecular flexibility index (Phi) is 9.10. The van der Waals surface area contributed by atoms with Crippen LogP contribution in [0.25, 0.3) is 0 Å². The smallest absolute Gasteiger partial charge is 0.317 e. The van der Waals surface area contributed by atoms with Crippen molar-refractivity contribution < 1.29 is 18.7 Å². The summed E-state index contributed by atoms with van der Waals surface area (Å²) >= 11 is 0. The van der Waals surface area contributed by atoms with Crippen molar-refractivity contribution in [1.82, 2.24) is 15.5 Å². The Bertz CT molecular complexity index is 902. The van der Waals surface area contributed by atoms with E-state index in [1.807, 2.05) is 24.3 Å². The van der Waals surface area contributed by atoms with Gasteiger partial charge < -0.3 is 20.3 Å². The fourth-order valence-corrected chi connectivity index (χ4v) is 4.18. The van der Waals surface area contributed by atoms with E-state index >= 15 is 0 Å². The Labute approximate surface area is 195 Å². The third-order valence-corrected chi connectivity index (χ3v) is 6.15. The number of benzene rings is 2. The summed E-state index contributed by atoms with van der Waals surface area (Å²) in [6.45, 7) is 3.54. The van der Waals surface area contributed by atoms with Crippen molar-refractivity contribution in [3.05, 3.63) is 65.5 Å². The highest BCUT2D eigenvalue weighted by molar-refractivity contribution is 5.81. The molecule has 0 aromatic heterocycles. The molecule has 1 aliphatic rings. The lowest BCUT2D eigenvalue weighted by Crippen LogP contribution is -2.50. The van der Waals surface area contributed by atoms with Gasteiger partial charge in [0.05, 0.1) is 19.1 Å². The van der Waals surface area contributed by atoms with Crippen LogP contribution in [-0.2, 0) is 11.2 Å². The maximum Gasteiger partial charge on any atom is 0.317 e. The molecule has 33 heavy (non-hydrogen) atoms. The summed E-state index contributed by atoms with van der Waals surface area (Å²) in [5, 5.41) is 5.99. The number of hydrogen-bond donors (Lipinski definition) is 2. The predicted molar refractivity (Wildman–Crippen MR) is 127 cm³/mol. The van der Waals surface area contributed by atoms with Crippen LogP contribution in [0, 0.1) is 11.7 Å². The second kappa shape index (κ2) is 12.2. The molecule has 0 saturated carbocycles. The molecule has 2 unspecified atom stereocenters. The normalized spacial score (nSPS) is 18.0. The zero-order valence-corrected chi connectivity index (χ0v) is 19.5. The first-order valence-corrected chi connectivity index (χ1v) is 11.7. The number of carbonyl (C=O) groups is 2.